The summed E-state index contributed by atoms with van der Waals surface area (Å²) in [5.74, 6) is 0.485. The summed E-state index contributed by atoms with van der Waals surface area (Å²) in [6, 6.07) is 10.1. The number of nitrogens with one attached hydrogen (secondary N) is 1. The van der Waals surface area contributed by atoms with Gasteiger partial charge in [-0.1, -0.05) is 30.3 Å². The van der Waals surface area contributed by atoms with E-state index in [2.05, 4.69) is 17.3 Å². The molecule has 2 atom stereocenters. The molecule has 0 unspecified atom stereocenters. The average Bonchev–Trinajstić information content (AvgIpc) is 2.78. The van der Waals surface area contributed by atoms with Crippen LogP contribution in [-0.2, 0) is 20.9 Å². The minimum Gasteiger partial charge on any atom is -0.381 e. The number of amides is 2. The minimum absolute atomic E-state index is 0.0806. The second kappa shape index (κ2) is 8.84. The van der Waals surface area contributed by atoms with Gasteiger partial charge in [-0.2, -0.15) is 0 Å². The van der Waals surface area contributed by atoms with Crippen molar-refractivity contribution in [1.82, 2.24) is 15.1 Å². The maximum absolute atomic E-state index is 13.4. The third kappa shape index (κ3) is 4.19. The molecule has 0 radical (unpaired) electrons. The van der Waals surface area contributed by atoms with Crippen LogP contribution in [0.2, 0.25) is 0 Å². The predicted molar refractivity (Wildman–Crippen MR) is 111 cm³/mol. The van der Waals surface area contributed by atoms with Crippen molar-refractivity contribution in [3.8, 4) is 0 Å². The van der Waals surface area contributed by atoms with Gasteiger partial charge in [0.2, 0.25) is 11.8 Å². The zero-order valence-electron chi connectivity index (χ0n) is 17.4. The highest BCUT2D eigenvalue weighted by atomic mass is 16.5. The van der Waals surface area contributed by atoms with E-state index in [0.717, 1.165) is 44.2 Å². The standard InChI is InChI=1S/C23H33N3O3/c1-25-12-5-10-23(22(28)24-16-18-6-3-2-4-7-18)11-13-26(17-20(23)25)21(27)19-8-14-29-15-9-19/h2-4,6-7,19-20H,5,8-17H2,1H3,(H,24,28)/t20-,23+/m0/s1. The number of carbonyl (C=O) groups is 2. The Hall–Kier alpha value is -1.92. The van der Waals surface area contributed by atoms with Gasteiger partial charge in [0.05, 0.1) is 5.41 Å². The van der Waals surface area contributed by atoms with Crippen LogP contribution in [0.4, 0.5) is 0 Å². The minimum atomic E-state index is -0.395. The van der Waals surface area contributed by atoms with Gasteiger partial charge in [-0.25, -0.2) is 0 Å². The summed E-state index contributed by atoms with van der Waals surface area (Å²) in [5.41, 5.74) is 0.721. The van der Waals surface area contributed by atoms with E-state index in [4.69, 9.17) is 4.74 Å². The van der Waals surface area contributed by atoms with E-state index in [9.17, 15) is 9.59 Å². The van der Waals surface area contributed by atoms with Gasteiger partial charge in [0, 0.05) is 44.8 Å². The number of hydrogen-bond acceptors (Lipinski definition) is 4. The van der Waals surface area contributed by atoms with Gasteiger partial charge in [-0.05, 0) is 51.3 Å². The van der Waals surface area contributed by atoms with Crippen LogP contribution in [0.1, 0.15) is 37.7 Å². The first kappa shape index (κ1) is 20.4. The third-order valence-electron chi connectivity index (χ3n) is 7.16. The maximum Gasteiger partial charge on any atom is 0.228 e. The Bertz CT molecular complexity index is 719. The van der Waals surface area contributed by atoms with E-state index < -0.39 is 5.41 Å². The van der Waals surface area contributed by atoms with Gasteiger partial charge in [-0.3, -0.25) is 9.59 Å². The lowest BCUT2D eigenvalue weighted by molar-refractivity contribution is -0.154. The largest absolute Gasteiger partial charge is 0.381 e. The molecule has 3 saturated heterocycles. The van der Waals surface area contributed by atoms with Gasteiger partial charge in [-0.15, -0.1) is 0 Å². The molecule has 158 valence electrons. The topological polar surface area (TPSA) is 61.9 Å². The first-order valence-corrected chi connectivity index (χ1v) is 11.0. The zero-order valence-corrected chi connectivity index (χ0v) is 17.4. The Balaban J connectivity index is 1.45. The molecule has 3 heterocycles. The fourth-order valence-corrected chi connectivity index (χ4v) is 5.36. The van der Waals surface area contributed by atoms with Gasteiger partial charge in [0.15, 0.2) is 0 Å². The van der Waals surface area contributed by atoms with Crippen molar-refractivity contribution in [2.45, 2.75) is 44.7 Å². The van der Waals surface area contributed by atoms with Gasteiger partial charge in [0.1, 0.15) is 0 Å². The molecular weight excluding hydrogens is 366 g/mol. The maximum atomic E-state index is 13.4. The number of ether oxygens (including phenoxy) is 1. The Morgan fingerprint density at radius 2 is 1.90 bits per heavy atom. The summed E-state index contributed by atoms with van der Waals surface area (Å²) >= 11 is 0. The number of benzene rings is 1. The van der Waals surface area contributed by atoms with Crippen molar-refractivity contribution in [1.29, 1.82) is 0 Å². The number of piperidine rings is 2. The number of nitrogens with zero attached hydrogens (tertiary/aromatic N) is 2. The summed E-state index contributed by atoms with van der Waals surface area (Å²) in [6.45, 7) is 4.24. The first-order chi connectivity index (χ1) is 14.1. The van der Waals surface area contributed by atoms with Gasteiger partial charge >= 0.3 is 0 Å². The molecule has 2 amide bonds. The number of likely N-dealkylation sites (N-methyl/N-ethyl adjacent to an activating group) is 1. The molecule has 3 aliphatic heterocycles. The van der Waals surface area contributed by atoms with Crippen LogP contribution in [0.15, 0.2) is 30.3 Å². The molecule has 0 aliphatic carbocycles. The Kier molecular flexibility index (Phi) is 6.20. The van der Waals surface area contributed by atoms with Crippen LogP contribution >= 0.6 is 0 Å². The van der Waals surface area contributed by atoms with Gasteiger partial charge in [0.25, 0.3) is 0 Å². The number of hydrogen-bond donors (Lipinski definition) is 1. The quantitative estimate of drug-likeness (QED) is 0.842. The van der Waals surface area contributed by atoms with Crippen LogP contribution in [0.5, 0.6) is 0 Å². The molecule has 4 rings (SSSR count). The van der Waals surface area contributed by atoms with Crippen molar-refractivity contribution < 1.29 is 14.3 Å². The van der Waals surface area contributed by atoms with Crippen molar-refractivity contribution in [2.75, 3.05) is 39.9 Å². The number of likely N-dealkylation sites (tertiary alicyclic amines) is 2. The highest BCUT2D eigenvalue weighted by Gasteiger charge is 2.52. The van der Waals surface area contributed by atoms with Crippen molar-refractivity contribution in [3.63, 3.8) is 0 Å². The van der Waals surface area contributed by atoms with Crippen molar-refractivity contribution in [3.05, 3.63) is 35.9 Å². The molecule has 29 heavy (non-hydrogen) atoms. The summed E-state index contributed by atoms with van der Waals surface area (Å²) in [4.78, 5) is 30.8. The Morgan fingerprint density at radius 3 is 2.66 bits per heavy atom. The molecule has 3 aliphatic rings. The smallest absolute Gasteiger partial charge is 0.228 e. The van der Waals surface area contributed by atoms with Gasteiger partial charge < -0.3 is 19.9 Å². The highest BCUT2D eigenvalue weighted by Crippen LogP contribution is 2.42. The average molecular weight is 400 g/mol. The fraction of sp³-hybridized carbons (Fsp3) is 0.652. The van der Waals surface area contributed by atoms with E-state index in [0.29, 0.717) is 32.8 Å². The molecule has 0 bridgehead atoms. The van der Waals surface area contributed by atoms with E-state index in [-0.39, 0.29) is 23.8 Å². The third-order valence-corrected chi connectivity index (χ3v) is 7.16. The Morgan fingerprint density at radius 1 is 1.14 bits per heavy atom. The summed E-state index contributed by atoms with van der Waals surface area (Å²) in [5, 5.41) is 3.20. The van der Waals surface area contributed by atoms with Crippen molar-refractivity contribution >= 4 is 11.8 Å². The lowest BCUT2D eigenvalue weighted by Crippen LogP contribution is -2.66. The SMILES string of the molecule is CN1CCC[C@@]2(C(=O)NCc3ccccc3)CCN(C(=O)C3CCOCC3)C[C@H]12. The molecular formula is C23H33N3O3. The fourth-order valence-electron chi connectivity index (χ4n) is 5.36. The zero-order chi connectivity index (χ0) is 20.3. The summed E-state index contributed by atoms with van der Waals surface area (Å²) in [6.07, 6.45) is 4.32. The van der Waals surface area contributed by atoms with Crippen LogP contribution in [0.25, 0.3) is 0 Å². The van der Waals surface area contributed by atoms with E-state index >= 15 is 0 Å². The molecule has 1 aromatic rings. The highest BCUT2D eigenvalue weighted by molar-refractivity contribution is 5.85. The predicted octanol–water partition coefficient (Wildman–Crippen LogP) is 2.04. The molecule has 3 fully saturated rings. The van der Waals surface area contributed by atoms with Crippen LogP contribution in [0, 0.1) is 11.3 Å². The monoisotopic (exact) mass is 399 g/mol. The first-order valence-electron chi connectivity index (χ1n) is 11.0. The summed E-state index contributed by atoms with van der Waals surface area (Å²) < 4.78 is 5.42. The molecule has 1 aromatic carbocycles. The lowest BCUT2D eigenvalue weighted by Gasteiger charge is -2.53. The van der Waals surface area contributed by atoms with E-state index in [1.807, 2.05) is 35.2 Å². The van der Waals surface area contributed by atoms with Crippen LogP contribution in [-0.4, -0.2) is 67.6 Å². The molecule has 0 saturated carbocycles. The van der Waals surface area contributed by atoms with E-state index in [1.54, 1.807) is 0 Å². The molecule has 0 spiro atoms. The molecule has 1 N–H and O–H groups in total. The second-order valence-electron chi connectivity index (χ2n) is 8.85. The molecule has 6 heteroatoms. The lowest BCUT2D eigenvalue weighted by atomic mass is 9.67. The number of rotatable bonds is 4. The van der Waals surface area contributed by atoms with Crippen molar-refractivity contribution in [2.24, 2.45) is 11.3 Å². The summed E-state index contributed by atoms with van der Waals surface area (Å²) in [7, 11) is 2.10. The second-order valence-corrected chi connectivity index (χ2v) is 8.85. The van der Waals surface area contributed by atoms with E-state index in [1.165, 1.54) is 0 Å². The number of fused-ring (bicyclic) bond motifs is 1. The molecule has 6 nitrogen and oxygen atoms in total. The van der Waals surface area contributed by atoms with Crippen LogP contribution < -0.4 is 5.32 Å². The normalized spacial score (nSPS) is 28.6. The number of carbonyl (C=O) groups excluding carboxylic acids is 2. The van der Waals surface area contributed by atoms with Crippen LogP contribution in [0.3, 0.4) is 0 Å². The molecule has 0 aromatic heterocycles. The Labute approximate surface area is 173 Å².